The summed E-state index contributed by atoms with van der Waals surface area (Å²) in [6.07, 6.45) is -0.889. The molecule has 0 fully saturated rings. The Kier molecular flexibility index (Phi) is 4.85. The van der Waals surface area contributed by atoms with E-state index in [4.69, 9.17) is 9.47 Å². The number of halogens is 5. The summed E-state index contributed by atoms with van der Waals surface area (Å²) in [4.78, 5) is 0. The quantitative estimate of drug-likeness (QED) is 0.386. The summed E-state index contributed by atoms with van der Waals surface area (Å²) in [5.74, 6) is -10.1. The van der Waals surface area contributed by atoms with Crippen LogP contribution in [-0.4, -0.2) is 27.1 Å². The van der Waals surface area contributed by atoms with Crippen molar-refractivity contribution in [3.05, 3.63) is 29.1 Å². The number of hydrogen-bond donors (Lipinski definition) is 1. The molecule has 0 aliphatic rings. The van der Waals surface area contributed by atoms with Crippen molar-refractivity contribution in [3.63, 3.8) is 0 Å². The predicted molar refractivity (Wildman–Crippen MR) is 52.5 cm³/mol. The monoisotopic (exact) mass is 271 g/mol. The number of benzene rings is 1. The molecule has 8 heteroatoms. The Bertz CT molecular complexity index is 408. The summed E-state index contributed by atoms with van der Waals surface area (Å²) < 4.78 is 74.2. The fourth-order valence-electron chi connectivity index (χ4n) is 1.21. The zero-order valence-electron chi connectivity index (χ0n) is 9.49. The third-order valence-corrected chi connectivity index (χ3v) is 2.18. The van der Waals surface area contributed by atoms with Gasteiger partial charge in [0.25, 0.3) is 0 Å². The van der Waals surface area contributed by atoms with Gasteiger partial charge in [-0.05, 0) is 0 Å². The van der Waals surface area contributed by atoms with Crippen LogP contribution in [0, 0.1) is 29.1 Å². The van der Waals surface area contributed by atoms with E-state index in [0.29, 0.717) is 0 Å². The second-order valence-corrected chi connectivity index (χ2v) is 3.23. The SMILES string of the molecule is COC(CNc1c(F)c(F)c(F)c(F)c1F)OC. The van der Waals surface area contributed by atoms with Gasteiger partial charge in [-0.2, -0.15) is 0 Å². The van der Waals surface area contributed by atoms with Crippen molar-refractivity contribution in [1.29, 1.82) is 0 Å². The normalized spacial score (nSPS) is 11.1. The molecule has 0 aliphatic carbocycles. The second kappa shape index (κ2) is 5.96. The molecule has 0 spiro atoms. The van der Waals surface area contributed by atoms with Gasteiger partial charge in [-0.1, -0.05) is 0 Å². The molecule has 0 saturated heterocycles. The summed E-state index contributed by atoms with van der Waals surface area (Å²) >= 11 is 0. The van der Waals surface area contributed by atoms with Crippen LogP contribution in [0.25, 0.3) is 0 Å². The molecule has 0 bridgehead atoms. The standard InChI is InChI=1S/C10H10F5NO2/c1-17-4(18-2)3-16-10-8(14)6(12)5(11)7(13)9(10)15/h4,16H,3H2,1-2H3. The number of nitrogens with one attached hydrogen (secondary N) is 1. The largest absolute Gasteiger partial charge is 0.375 e. The predicted octanol–water partition coefficient (Wildman–Crippen LogP) is 2.41. The molecule has 0 aliphatic heterocycles. The Hall–Kier alpha value is -1.41. The van der Waals surface area contributed by atoms with Crippen LogP contribution in [0.15, 0.2) is 0 Å². The average Bonchev–Trinajstić information content (AvgIpc) is 2.38. The molecular formula is C10H10F5NO2. The van der Waals surface area contributed by atoms with E-state index in [0.717, 1.165) is 0 Å². The first-order valence-corrected chi connectivity index (χ1v) is 4.74. The molecule has 0 aromatic heterocycles. The molecule has 1 aromatic carbocycles. The highest BCUT2D eigenvalue weighted by Gasteiger charge is 2.25. The lowest BCUT2D eigenvalue weighted by Crippen LogP contribution is -2.25. The highest BCUT2D eigenvalue weighted by Crippen LogP contribution is 2.26. The molecule has 1 rings (SSSR count). The third kappa shape index (κ3) is 2.70. The first-order chi connectivity index (χ1) is 8.43. The summed E-state index contributed by atoms with van der Waals surface area (Å²) in [6.45, 7) is -0.286. The van der Waals surface area contributed by atoms with Crippen molar-refractivity contribution in [2.75, 3.05) is 26.1 Å². The summed E-state index contributed by atoms with van der Waals surface area (Å²) in [5, 5.41) is 2.05. The molecule has 1 aromatic rings. The molecule has 0 unspecified atom stereocenters. The molecule has 0 atom stereocenters. The molecule has 3 nitrogen and oxygen atoms in total. The molecule has 102 valence electrons. The van der Waals surface area contributed by atoms with E-state index in [9.17, 15) is 22.0 Å². The van der Waals surface area contributed by atoms with E-state index in [-0.39, 0.29) is 6.54 Å². The van der Waals surface area contributed by atoms with E-state index in [2.05, 4.69) is 0 Å². The van der Waals surface area contributed by atoms with Gasteiger partial charge in [0.15, 0.2) is 29.6 Å². The van der Waals surface area contributed by atoms with Crippen LogP contribution >= 0.6 is 0 Å². The fraction of sp³-hybridized carbons (Fsp3) is 0.400. The van der Waals surface area contributed by atoms with Crippen molar-refractivity contribution >= 4 is 5.69 Å². The minimum absolute atomic E-state index is 0.286. The van der Waals surface area contributed by atoms with Gasteiger partial charge in [0, 0.05) is 14.2 Å². The van der Waals surface area contributed by atoms with Crippen LogP contribution < -0.4 is 5.32 Å². The van der Waals surface area contributed by atoms with Crippen molar-refractivity contribution < 1.29 is 31.4 Å². The maximum Gasteiger partial charge on any atom is 0.200 e. The van der Waals surface area contributed by atoms with E-state index >= 15 is 0 Å². The molecule has 0 radical (unpaired) electrons. The van der Waals surface area contributed by atoms with Crippen molar-refractivity contribution in [2.24, 2.45) is 0 Å². The Balaban J connectivity index is 3.03. The van der Waals surface area contributed by atoms with Gasteiger partial charge in [-0.15, -0.1) is 0 Å². The number of rotatable bonds is 5. The summed E-state index contributed by atoms with van der Waals surface area (Å²) in [5.41, 5.74) is -1.12. The lowest BCUT2D eigenvalue weighted by atomic mass is 10.2. The zero-order chi connectivity index (χ0) is 13.9. The van der Waals surface area contributed by atoms with E-state index in [1.165, 1.54) is 14.2 Å². The fourth-order valence-corrected chi connectivity index (χ4v) is 1.21. The van der Waals surface area contributed by atoms with Gasteiger partial charge in [0.05, 0.1) is 6.54 Å². The Morgan fingerprint density at radius 3 is 1.61 bits per heavy atom. The molecule has 0 amide bonds. The van der Waals surface area contributed by atoms with Crippen LogP contribution in [0.3, 0.4) is 0 Å². The van der Waals surface area contributed by atoms with Crippen LogP contribution in [0.4, 0.5) is 27.6 Å². The Morgan fingerprint density at radius 1 is 0.833 bits per heavy atom. The lowest BCUT2D eigenvalue weighted by molar-refractivity contribution is -0.0914. The number of anilines is 1. The van der Waals surface area contributed by atoms with E-state index in [1.54, 1.807) is 0 Å². The Morgan fingerprint density at radius 2 is 1.22 bits per heavy atom. The Labute approximate surface area is 99.5 Å². The van der Waals surface area contributed by atoms with E-state index < -0.39 is 41.1 Å². The van der Waals surface area contributed by atoms with Crippen LogP contribution in [0.2, 0.25) is 0 Å². The minimum atomic E-state index is -2.20. The topological polar surface area (TPSA) is 30.5 Å². The number of hydrogen-bond acceptors (Lipinski definition) is 3. The number of methoxy groups -OCH3 is 2. The average molecular weight is 271 g/mol. The first kappa shape index (κ1) is 14.7. The molecular weight excluding hydrogens is 261 g/mol. The smallest absolute Gasteiger partial charge is 0.200 e. The van der Waals surface area contributed by atoms with Crippen LogP contribution in [0.5, 0.6) is 0 Å². The minimum Gasteiger partial charge on any atom is -0.375 e. The highest BCUT2D eigenvalue weighted by atomic mass is 19.2. The molecule has 1 N–H and O–H groups in total. The van der Waals surface area contributed by atoms with Gasteiger partial charge in [0.1, 0.15) is 5.69 Å². The van der Waals surface area contributed by atoms with Gasteiger partial charge in [-0.3, -0.25) is 0 Å². The van der Waals surface area contributed by atoms with Crippen LogP contribution in [0.1, 0.15) is 0 Å². The van der Waals surface area contributed by atoms with E-state index in [1.807, 2.05) is 5.32 Å². The molecule has 0 heterocycles. The molecule has 18 heavy (non-hydrogen) atoms. The maximum atomic E-state index is 13.2. The summed E-state index contributed by atoms with van der Waals surface area (Å²) in [7, 11) is 2.52. The van der Waals surface area contributed by atoms with Gasteiger partial charge >= 0.3 is 0 Å². The van der Waals surface area contributed by atoms with Gasteiger partial charge in [-0.25, -0.2) is 22.0 Å². The van der Waals surface area contributed by atoms with Crippen molar-refractivity contribution in [2.45, 2.75) is 6.29 Å². The lowest BCUT2D eigenvalue weighted by Gasteiger charge is -2.16. The van der Waals surface area contributed by atoms with Gasteiger partial charge < -0.3 is 14.8 Å². The van der Waals surface area contributed by atoms with Crippen molar-refractivity contribution in [1.82, 2.24) is 0 Å². The summed E-state index contributed by atoms with van der Waals surface area (Å²) in [6, 6.07) is 0. The van der Waals surface area contributed by atoms with Crippen LogP contribution in [-0.2, 0) is 9.47 Å². The zero-order valence-corrected chi connectivity index (χ0v) is 9.49. The highest BCUT2D eigenvalue weighted by molar-refractivity contribution is 5.47. The molecule has 0 saturated carbocycles. The maximum absolute atomic E-state index is 13.2. The van der Waals surface area contributed by atoms with Crippen molar-refractivity contribution in [3.8, 4) is 0 Å². The number of ether oxygens (including phenoxy) is 2. The first-order valence-electron chi connectivity index (χ1n) is 4.74. The second-order valence-electron chi connectivity index (χ2n) is 3.23. The third-order valence-electron chi connectivity index (χ3n) is 2.18. The van der Waals surface area contributed by atoms with Gasteiger partial charge in [0.2, 0.25) is 5.82 Å².